The first kappa shape index (κ1) is 19.2. The van der Waals surface area contributed by atoms with E-state index in [4.69, 9.17) is 9.47 Å². The summed E-state index contributed by atoms with van der Waals surface area (Å²) in [4.78, 5) is 12.6. The summed E-state index contributed by atoms with van der Waals surface area (Å²) in [5, 5.41) is 16.0. The van der Waals surface area contributed by atoms with Crippen molar-refractivity contribution in [2.75, 3.05) is 23.8 Å². The largest absolute Gasteiger partial charge is 0.508 e. The number of nitrogens with one attached hydrogen (secondary N) is 2. The van der Waals surface area contributed by atoms with E-state index in [0.717, 1.165) is 11.3 Å². The Bertz CT molecular complexity index is 949. The Kier molecular flexibility index (Phi) is 6.11. The maximum absolute atomic E-state index is 9.83. The summed E-state index contributed by atoms with van der Waals surface area (Å²) in [7, 11) is 0. The van der Waals surface area contributed by atoms with Gasteiger partial charge in [-0.15, -0.1) is 0 Å². The molecule has 1 aromatic heterocycles. The van der Waals surface area contributed by atoms with E-state index in [9.17, 15) is 5.11 Å². The molecule has 3 rings (SSSR count). The third-order valence-corrected chi connectivity index (χ3v) is 3.84. The number of hydrogen-bond donors (Lipinski definition) is 3. The SMILES string of the molecule is CCOc1ccc(Nc2ncnc(Nc3ccc(C)c(O)c3)n2)cc1OCC. The zero-order valence-corrected chi connectivity index (χ0v) is 16.1. The molecule has 8 nitrogen and oxygen atoms in total. The maximum Gasteiger partial charge on any atom is 0.232 e. The summed E-state index contributed by atoms with van der Waals surface area (Å²) in [6.07, 6.45) is 1.41. The van der Waals surface area contributed by atoms with Gasteiger partial charge >= 0.3 is 0 Å². The van der Waals surface area contributed by atoms with Crippen molar-refractivity contribution in [1.29, 1.82) is 0 Å². The third-order valence-electron chi connectivity index (χ3n) is 3.84. The molecule has 0 unspecified atom stereocenters. The Morgan fingerprint density at radius 3 is 2.11 bits per heavy atom. The Morgan fingerprint density at radius 2 is 1.46 bits per heavy atom. The zero-order valence-electron chi connectivity index (χ0n) is 16.1. The van der Waals surface area contributed by atoms with Crippen LogP contribution in [-0.2, 0) is 0 Å². The van der Waals surface area contributed by atoms with Gasteiger partial charge in [-0.05, 0) is 44.5 Å². The van der Waals surface area contributed by atoms with Crippen LogP contribution in [0.25, 0.3) is 0 Å². The molecule has 1 heterocycles. The molecule has 0 fully saturated rings. The summed E-state index contributed by atoms with van der Waals surface area (Å²) in [5.74, 6) is 2.27. The van der Waals surface area contributed by atoms with Crippen LogP contribution >= 0.6 is 0 Å². The number of nitrogens with zero attached hydrogens (tertiary/aromatic N) is 3. The lowest BCUT2D eigenvalue weighted by molar-refractivity contribution is 0.288. The van der Waals surface area contributed by atoms with Gasteiger partial charge in [-0.25, -0.2) is 9.97 Å². The first-order valence-electron chi connectivity index (χ1n) is 9.01. The van der Waals surface area contributed by atoms with Gasteiger partial charge in [0.25, 0.3) is 0 Å². The van der Waals surface area contributed by atoms with E-state index >= 15 is 0 Å². The smallest absolute Gasteiger partial charge is 0.232 e. The molecular weight excluding hydrogens is 358 g/mol. The number of aromatic hydroxyl groups is 1. The van der Waals surface area contributed by atoms with Gasteiger partial charge in [0.05, 0.1) is 13.2 Å². The van der Waals surface area contributed by atoms with Crippen molar-refractivity contribution in [3.8, 4) is 17.2 Å². The van der Waals surface area contributed by atoms with E-state index in [1.165, 1.54) is 6.33 Å². The average Bonchev–Trinajstić information content (AvgIpc) is 2.67. The number of hydrogen-bond acceptors (Lipinski definition) is 8. The highest BCUT2D eigenvalue weighted by Gasteiger charge is 2.08. The van der Waals surface area contributed by atoms with E-state index in [1.807, 2.05) is 51.1 Å². The summed E-state index contributed by atoms with van der Waals surface area (Å²) < 4.78 is 11.2. The lowest BCUT2D eigenvalue weighted by atomic mass is 10.2. The van der Waals surface area contributed by atoms with Crippen LogP contribution in [0.3, 0.4) is 0 Å². The molecule has 0 aliphatic heterocycles. The minimum absolute atomic E-state index is 0.204. The molecule has 3 aromatic rings. The molecule has 0 saturated carbocycles. The van der Waals surface area contributed by atoms with Gasteiger partial charge < -0.3 is 25.2 Å². The first-order chi connectivity index (χ1) is 13.6. The van der Waals surface area contributed by atoms with E-state index in [1.54, 1.807) is 6.07 Å². The Labute approximate surface area is 163 Å². The van der Waals surface area contributed by atoms with Crippen LogP contribution in [0.5, 0.6) is 17.2 Å². The number of phenols is 1. The van der Waals surface area contributed by atoms with Crippen molar-refractivity contribution >= 4 is 23.3 Å². The van der Waals surface area contributed by atoms with Crippen molar-refractivity contribution in [2.24, 2.45) is 0 Å². The summed E-state index contributed by atoms with van der Waals surface area (Å²) in [6, 6.07) is 10.8. The van der Waals surface area contributed by atoms with Gasteiger partial charge in [-0.2, -0.15) is 4.98 Å². The van der Waals surface area contributed by atoms with Gasteiger partial charge in [0, 0.05) is 23.5 Å². The number of benzene rings is 2. The molecule has 0 bridgehead atoms. The van der Waals surface area contributed by atoms with Crippen LogP contribution in [-0.4, -0.2) is 33.3 Å². The van der Waals surface area contributed by atoms with Gasteiger partial charge in [0.2, 0.25) is 11.9 Å². The molecule has 28 heavy (non-hydrogen) atoms. The van der Waals surface area contributed by atoms with Crippen molar-refractivity contribution in [1.82, 2.24) is 15.0 Å². The number of aryl methyl sites for hydroxylation is 1. The molecule has 0 amide bonds. The molecule has 0 aliphatic rings. The normalized spacial score (nSPS) is 10.4. The quantitative estimate of drug-likeness (QED) is 0.534. The van der Waals surface area contributed by atoms with Gasteiger partial charge in [0.15, 0.2) is 11.5 Å². The topological polar surface area (TPSA) is 101 Å². The Hall–Kier alpha value is -3.55. The van der Waals surface area contributed by atoms with Crippen molar-refractivity contribution in [3.05, 3.63) is 48.3 Å². The van der Waals surface area contributed by atoms with Crippen molar-refractivity contribution in [3.63, 3.8) is 0 Å². The monoisotopic (exact) mass is 381 g/mol. The van der Waals surface area contributed by atoms with Crippen molar-refractivity contribution in [2.45, 2.75) is 20.8 Å². The van der Waals surface area contributed by atoms with Crippen LogP contribution in [0.4, 0.5) is 23.3 Å². The standard InChI is InChI=1S/C20H23N5O3/c1-4-27-17-9-8-15(11-18(17)28-5-2)24-20-22-12-21-19(25-20)23-14-7-6-13(3)16(26)10-14/h6-12,26H,4-5H2,1-3H3,(H2,21,22,23,24,25). The maximum atomic E-state index is 9.83. The highest BCUT2D eigenvalue weighted by atomic mass is 16.5. The number of aromatic nitrogens is 3. The van der Waals surface area contributed by atoms with Crippen LogP contribution in [0, 0.1) is 6.92 Å². The molecular formula is C20H23N5O3. The first-order valence-corrected chi connectivity index (χ1v) is 9.01. The van der Waals surface area contributed by atoms with Crippen molar-refractivity contribution < 1.29 is 14.6 Å². The molecule has 3 N–H and O–H groups in total. The van der Waals surface area contributed by atoms with E-state index in [2.05, 4.69) is 25.6 Å². The second-order valence-electron chi connectivity index (χ2n) is 5.91. The predicted molar refractivity (Wildman–Crippen MR) is 108 cm³/mol. The molecule has 0 spiro atoms. The number of phenolic OH excluding ortho intramolecular Hbond substituents is 1. The molecule has 146 valence electrons. The minimum Gasteiger partial charge on any atom is -0.508 e. The summed E-state index contributed by atoms with van der Waals surface area (Å²) >= 11 is 0. The summed E-state index contributed by atoms with van der Waals surface area (Å²) in [5.41, 5.74) is 2.24. The molecule has 2 aromatic carbocycles. The van der Waals surface area contributed by atoms with E-state index in [0.29, 0.717) is 42.3 Å². The second kappa shape index (κ2) is 8.90. The predicted octanol–water partition coefficient (Wildman–Crippen LogP) is 4.17. The fraction of sp³-hybridized carbons (Fsp3) is 0.250. The molecule has 0 radical (unpaired) electrons. The fourth-order valence-electron chi connectivity index (χ4n) is 2.49. The summed E-state index contributed by atoms with van der Waals surface area (Å²) in [6.45, 7) is 6.77. The number of anilines is 4. The highest BCUT2D eigenvalue weighted by Crippen LogP contribution is 2.31. The van der Waals surface area contributed by atoms with Crippen LogP contribution in [0.2, 0.25) is 0 Å². The van der Waals surface area contributed by atoms with E-state index < -0.39 is 0 Å². The fourth-order valence-corrected chi connectivity index (χ4v) is 2.49. The van der Waals surface area contributed by atoms with Gasteiger partial charge in [-0.3, -0.25) is 0 Å². The lowest BCUT2D eigenvalue weighted by Crippen LogP contribution is -2.03. The Morgan fingerprint density at radius 1 is 0.857 bits per heavy atom. The Balaban J connectivity index is 1.77. The van der Waals surface area contributed by atoms with Gasteiger partial charge in [-0.1, -0.05) is 6.07 Å². The van der Waals surface area contributed by atoms with Crippen LogP contribution in [0.1, 0.15) is 19.4 Å². The van der Waals surface area contributed by atoms with Crippen LogP contribution < -0.4 is 20.1 Å². The molecule has 0 aliphatic carbocycles. The third kappa shape index (κ3) is 4.79. The minimum atomic E-state index is 0.204. The molecule has 8 heteroatoms. The molecule has 0 atom stereocenters. The van der Waals surface area contributed by atoms with Gasteiger partial charge in [0.1, 0.15) is 12.1 Å². The zero-order chi connectivity index (χ0) is 19.9. The number of ether oxygens (including phenoxy) is 2. The van der Waals surface area contributed by atoms with E-state index in [-0.39, 0.29) is 5.75 Å². The molecule has 0 saturated heterocycles. The average molecular weight is 381 g/mol. The second-order valence-corrected chi connectivity index (χ2v) is 5.91. The van der Waals surface area contributed by atoms with Crippen LogP contribution in [0.15, 0.2) is 42.7 Å². The number of rotatable bonds is 8. The highest BCUT2D eigenvalue weighted by molar-refractivity contribution is 5.61. The lowest BCUT2D eigenvalue weighted by Gasteiger charge is -2.13.